The number of hydrogen-bond acceptors (Lipinski definition) is 2. The number of rotatable bonds is 8. The lowest BCUT2D eigenvalue weighted by Gasteiger charge is -2.17. The van der Waals surface area contributed by atoms with Crippen molar-refractivity contribution in [2.75, 3.05) is 6.54 Å². The molecule has 1 aromatic rings. The molecule has 2 unspecified atom stereocenters. The molecule has 1 amide bonds. The van der Waals surface area contributed by atoms with E-state index >= 15 is 0 Å². The fraction of sp³-hybridized carbons (Fsp3) is 0.611. The highest BCUT2D eigenvalue weighted by Crippen LogP contribution is 2.15. The Morgan fingerprint density at radius 3 is 2.24 bits per heavy atom. The van der Waals surface area contributed by atoms with Crippen molar-refractivity contribution >= 4 is 5.91 Å². The highest BCUT2D eigenvalue weighted by atomic mass is 16.1. The van der Waals surface area contributed by atoms with Gasteiger partial charge in [-0.2, -0.15) is 0 Å². The van der Waals surface area contributed by atoms with Gasteiger partial charge in [-0.05, 0) is 43.9 Å². The van der Waals surface area contributed by atoms with Crippen molar-refractivity contribution in [2.24, 2.45) is 5.92 Å². The molecule has 0 aromatic heterocycles. The van der Waals surface area contributed by atoms with Crippen molar-refractivity contribution in [2.45, 2.75) is 59.5 Å². The van der Waals surface area contributed by atoms with Crippen LogP contribution in [-0.4, -0.2) is 18.5 Å². The maximum atomic E-state index is 12.0. The van der Waals surface area contributed by atoms with Crippen molar-refractivity contribution in [1.29, 1.82) is 0 Å². The number of benzene rings is 1. The molecular weight excluding hydrogens is 260 g/mol. The third-order valence-corrected chi connectivity index (χ3v) is 3.55. The van der Waals surface area contributed by atoms with Crippen LogP contribution in [0, 0.1) is 5.92 Å². The second-order valence-corrected chi connectivity index (χ2v) is 6.29. The second-order valence-electron chi connectivity index (χ2n) is 6.29. The Labute approximate surface area is 129 Å². The molecule has 0 saturated carbocycles. The predicted molar refractivity (Wildman–Crippen MR) is 89.3 cm³/mol. The van der Waals surface area contributed by atoms with Crippen molar-refractivity contribution in [3.8, 4) is 0 Å². The average molecular weight is 290 g/mol. The monoisotopic (exact) mass is 290 g/mol. The molecule has 21 heavy (non-hydrogen) atoms. The van der Waals surface area contributed by atoms with Crippen LogP contribution in [0.25, 0.3) is 0 Å². The summed E-state index contributed by atoms with van der Waals surface area (Å²) < 4.78 is 0. The molecule has 0 radical (unpaired) electrons. The molecule has 0 saturated heterocycles. The zero-order valence-electron chi connectivity index (χ0n) is 14.1. The van der Waals surface area contributed by atoms with Crippen molar-refractivity contribution in [1.82, 2.24) is 10.6 Å². The van der Waals surface area contributed by atoms with Crippen LogP contribution >= 0.6 is 0 Å². The summed E-state index contributed by atoms with van der Waals surface area (Å²) in [7, 11) is 0. The number of carbonyl (C=O) groups is 1. The Hall–Kier alpha value is -1.35. The average Bonchev–Trinajstić information content (AvgIpc) is 2.38. The van der Waals surface area contributed by atoms with Gasteiger partial charge in [0.25, 0.3) is 0 Å². The van der Waals surface area contributed by atoms with Crippen LogP contribution in [0.2, 0.25) is 0 Å². The van der Waals surface area contributed by atoms with E-state index in [4.69, 9.17) is 0 Å². The summed E-state index contributed by atoms with van der Waals surface area (Å²) in [4.78, 5) is 12.0. The normalized spacial score (nSPS) is 14.0. The number of hydrogen-bond donors (Lipinski definition) is 2. The third kappa shape index (κ3) is 6.76. The molecule has 3 nitrogen and oxygen atoms in total. The second kappa shape index (κ2) is 8.83. The van der Waals surface area contributed by atoms with Crippen LogP contribution in [-0.2, 0) is 11.2 Å². The lowest BCUT2D eigenvalue weighted by molar-refractivity contribution is -0.122. The van der Waals surface area contributed by atoms with Gasteiger partial charge in [0.2, 0.25) is 5.91 Å². The summed E-state index contributed by atoms with van der Waals surface area (Å²) in [5.74, 6) is 0.766. The molecule has 0 aliphatic carbocycles. The summed E-state index contributed by atoms with van der Waals surface area (Å²) in [6.45, 7) is 11.5. The predicted octanol–water partition coefficient (Wildman–Crippen LogP) is 3.45. The first-order valence-electron chi connectivity index (χ1n) is 8.04. The van der Waals surface area contributed by atoms with E-state index in [0.717, 1.165) is 18.5 Å². The fourth-order valence-corrected chi connectivity index (χ4v) is 2.50. The van der Waals surface area contributed by atoms with Gasteiger partial charge in [-0.15, -0.1) is 0 Å². The topological polar surface area (TPSA) is 41.1 Å². The molecule has 0 heterocycles. The first kappa shape index (κ1) is 17.7. The molecule has 0 aliphatic heterocycles. The SMILES string of the molecule is CCNC(C)CC(=O)NC(C)c1ccc(CC(C)C)cc1. The molecule has 2 N–H and O–H groups in total. The van der Waals surface area contributed by atoms with E-state index in [2.05, 4.69) is 55.7 Å². The minimum absolute atomic E-state index is 0.0550. The lowest BCUT2D eigenvalue weighted by atomic mass is 10.00. The third-order valence-electron chi connectivity index (χ3n) is 3.55. The number of nitrogens with one attached hydrogen (secondary N) is 2. The summed E-state index contributed by atoms with van der Waals surface area (Å²) in [6.07, 6.45) is 1.62. The zero-order valence-corrected chi connectivity index (χ0v) is 14.1. The molecule has 1 rings (SSSR count). The fourth-order valence-electron chi connectivity index (χ4n) is 2.50. The van der Waals surface area contributed by atoms with E-state index in [-0.39, 0.29) is 18.0 Å². The smallest absolute Gasteiger partial charge is 0.222 e. The lowest BCUT2D eigenvalue weighted by Crippen LogP contribution is -2.34. The summed E-state index contributed by atoms with van der Waals surface area (Å²) in [6, 6.07) is 8.85. The standard InChI is InChI=1S/C18H30N2O/c1-6-19-14(4)12-18(21)20-15(5)17-9-7-16(8-10-17)11-13(2)3/h7-10,13-15,19H,6,11-12H2,1-5H3,(H,20,21). The number of carbonyl (C=O) groups excluding carboxylic acids is 1. The zero-order chi connectivity index (χ0) is 15.8. The summed E-state index contributed by atoms with van der Waals surface area (Å²) in [5, 5.41) is 6.32. The van der Waals surface area contributed by atoms with E-state index < -0.39 is 0 Å². The summed E-state index contributed by atoms with van der Waals surface area (Å²) in [5.41, 5.74) is 2.51. The Balaban J connectivity index is 2.51. The van der Waals surface area contributed by atoms with Gasteiger partial charge in [-0.1, -0.05) is 45.0 Å². The van der Waals surface area contributed by atoms with Crippen molar-refractivity contribution < 1.29 is 4.79 Å². The van der Waals surface area contributed by atoms with Crippen LogP contribution in [0.5, 0.6) is 0 Å². The maximum Gasteiger partial charge on any atom is 0.222 e. The van der Waals surface area contributed by atoms with Gasteiger partial charge >= 0.3 is 0 Å². The van der Waals surface area contributed by atoms with Crippen LogP contribution < -0.4 is 10.6 Å². The van der Waals surface area contributed by atoms with Crippen LogP contribution in [0.4, 0.5) is 0 Å². The molecular formula is C18H30N2O. The van der Waals surface area contributed by atoms with Crippen LogP contribution in [0.3, 0.4) is 0 Å². The maximum absolute atomic E-state index is 12.0. The molecule has 118 valence electrons. The highest BCUT2D eigenvalue weighted by molar-refractivity contribution is 5.77. The minimum Gasteiger partial charge on any atom is -0.350 e. The Kier molecular flexibility index (Phi) is 7.44. The first-order chi connectivity index (χ1) is 9.92. The van der Waals surface area contributed by atoms with Crippen LogP contribution in [0.15, 0.2) is 24.3 Å². The molecule has 0 bridgehead atoms. The van der Waals surface area contributed by atoms with Gasteiger partial charge in [0.05, 0.1) is 6.04 Å². The molecule has 1 aromatic carbocycles. The van der Waals surface area contributed by atoms with E-state index in [1.807, 2.05) is 13.8 Å². The van der Waals surface area contributed by atoms with E-state index in [1.165, 1.54) is 5.56 Å². The Morgan fingerprint density at radius 1 is 1.10 bits per heavy atom. The van der Waals surface area contributed by atoms with Gasteiger partial charge in [-0.25, -0.2) is 0 Å². The van der Waals surface area contributed by atoms with Gasteiger partial charge in [-0.3, -0.25) is 4.79 Å². The van der Waals surface area contributed by atoms with Crippen molar-refractivity contribution in [3.63, 3.8) is 0 Å². The van der Waals surface area contributed by atoms with Crippen molar-refractivity contribution in [3.05, 3.63) is 35.4 Å². The van der Waals surface area contributed by atoms with Gasteiger partial charge in [0, 0.05) is 12.5 Å². The van der Waals surface area contributed by atoms with Gasteiger partial charge < -0.3 is 10.6 Å². The van der Waals surface area contributed by atoms with E-state index in [1.54, 1.807) is 0 Å². The molecule has 0 aliphatic rings. The molecule has 0 fully saturated rings. The summed E-state index contributed by atoms with van der Waals surface area (Å²) >= 11 is 0. The van der Waals surface area contributed by atoms with Crippen LogP contribution in [0.1, 0.15) is 58.2 Å². The largest absolute Gasteiger partial charge is 0.350 e. The minimum atomic E-state index is 0.0550. The Bertz CT molecular complexity index is 425. The molecule has 3 heteroatoms. The number of amides is 1. The quantitative estimate of drug-likeness (QED) is 0.770. The Morgan fingerprint density at radius 2 is 1.71 bits per heavy atom. The molecule has 0 spiro atoms. The molecule has 2 atom stereocenters. The first-order valence-corrected chi connectivity index (χ1v) is 8.04. The van der Waals surface area contributed by atoms with Gasteiger partial charge in [0.1, 0.15) is 0 Å². The highest BCUT2D eigenvalue weighted by Gasteiger charge is 2.12. The van der Waals surface area contributed by atoms with E-state index in [0.29, 0.717) is 12.3 Å². The van der Waals surface area contributed by atoms with Gasteiger partial charge in [0.15, 0.2) is 0 Å². The van der Waals surface area contributed by atoms with E-state index in [9.17, 15) is 4.79 Å².